The predicted octanol–water partition coefficient (Wildman–Crippen LogP) is 1.70. The first-order chi connectivity index (χ1) is 8.49. The molecule has 0 saturated carbocycles. The van der Waals surface area contributed by atoms with Crippen molar-refractivity contribution in [3.05, 3.63) is 23.0 Å². The SMILES string of the molecule is Cc1c(CNC(CO)CC(C)C)cc(C#N)n1C. The van der Waals surface area contributed by atoms with E-state index in [2.05, 4.69) is 25.2 Å². The van der Waals surface area contributed by atoms with E-state index in [1.165, 1.54) is 0 Å². The van der Waals surface area contributed by atoms with Crippen LogP contribution in [0.3, 0.4) is 0 Å². The quantitative estimate of drug-likeness (QED) is 0.806. The third-order valence-electron chi connectivity index (χ3n) is 3.31. The summed E-state index contributed by atoms with van der Waals surface area (Å²) in [4.78, 5) is 0. The van der Waals surface area contributed by atoms with Crippen molar-refractivity contribution < 1.29 is 5.11 Å². The molecular weight excluding hydrogens is 226 g/mol. The van der Waals surface area contributed by atoms with Crippen LogP contribution in [-0.2, 0) is 13.6 Å². The zero-order chi connectivity index (χ0) is 13.7. The van der Waals surface area contributed by atoms with Gasteiger partial charge < -0.3 is 15.0 Å². The summed E-state index contributed by atoms with van der Waals surface area (Å²) in [6.45, 7) is 7.14. The number of hydrogen-bond donors (Lipinski definition) is 2. The molecule has 0 aliphatic heterocycles. The predicted molar refractivity (Wildman–Crippen MR) is 72.0 cm³/mol. The Morgan fingerprint density at radius 2 is 2.17 bits per heavy atom. The largest absolute Gasteiger partial charge is 0.395 e. The third-order valence-corrected chi connectivity index (χ3v) is 3.31. The summed E-state index contributed by atoms with van der Waals surface area (Å²) in [6, 6.07) is 4.21. The van der Waals surface area contributed by atoms with E-state index < -0.39 is 0 Å². The Labute approximate surface area is 109 Å². The molecule has 0 saturated heterocycles. The average Bonchev–Trinajstić information content (AvgIpc) is 2.61. The summed E-state index contributed by atoms with van der Waals surface area (Å²) in [5, 5.41) is 21.6. The second-order valence-corrected chi connectivity index (χ2v) is 5.20. The van der Waals surface area contributed by atoms with E-state index >= 15 is 0 Å². The molecule has 100 valence electrons. The monoisotopic (exact) mass is 249 g/mol. The molecule has 1 heterocycles. The summed E-state index contributed by atoms with van der Waals surface area (Å²) in [5.74, 6) is 0.557. The fourth-order valence-corrected chi connectivity index (χ4v) is 2.09. The molecular formula is C14H23N3O. The van der Waals surface area contributed by atoms with Crippen LogP contribution < -0.4 is 5.32 Å². The Hall–Kier alpha value is -1.31. The molecule has 1 unspecified atom stereocenters. The minimum atomic E-state index is 0.121. The van der Waals surface area contributed by atoms with Crippen LogP contribution in [0.5, 0.6) is 0 Å². The number of nitrogens with one attached hydrogen (secondary N) is 1. The van der Waals surface area contributed by atoms with E-state index in [9.17, 15) is 5.11 Å². The van der Waals surface area contributed by atoms with Crippen molar-refractivity contribution in [1.82, 2.24) is 9.88 Å². The molecule has 4 nitrogen and oxygen atoms in total. The first kappa shape index (κ1) is 14.7. The maximum atomic E-state index is 9.31. The van der Waals surface area contributed by atoms with E-state index in [1.807, 2.05) is 24.6 Å². The van der Waals surface area contributed by atoms with Crippen LogP contribution in [0.2, 0.25) is 0 Å². The number of nitrogens with zero attached hydrogens (tertiary/aromatic N) is 2. The zero-order valence-electron chi connectivity index (χ0n) is 11.7. The van der Waals surface area contributed by atoms with Crippen molar-refractivity contribution in [3.63, 3.8) is 0 Å². The van der Waals surface area contributed by atoms with Gasteiger partial charge >= 0.3 is 0 Å². The molecule has 4 heteroatoms. The smallest absolute Gasteiger partial charge is 0.120 e. The average molecular weight is 249 g/mol. The second kappa shape index (κ2) is 6.58. The fraction of sp³-hybridized carbons (Fsp3) is 0.643. The van der Waals surface area contributed by atoms with Crippen molar-refractivity contribution in [1.29, 1.82) is 5.26 Å². The Morgan fingerprint density at radius 3 is 2.61 bits per heavy atom. The van der Waals surface area contributed by atoms with Gasteiger partial charge in [-0.2, -0.15) is 5.26 Å². The lowest BCUT2D eigenvalue weighted by Gasteiger charge is -2.18. The molecule has 2 N–H and O–H groups in total. The number of nitriles is 1. The van der Waals surface area contributed by atoms with Crippen LogP contribution in [0.25, 0.3) is 0 Å². The summed E-state index contributed by atoms with van der Waals surface area (Å²) in [6.07, 6.45) is 0.952. The van der Waals surface area contributed by atoms with Gasteiger partial charge in [-0.15, -0.1) is 0 Å². The molecule has 0 radical (unpaired) electrons. The Bertz CT molecular complexity index is 429. The summed E-state index contributed by atoms with van der Waals surface area (Å²) in [7, 11) is 1.90. The van der Waals surface area contributed by atoms with Gasteiger partial charge in [0.05, 0.1) is 6.61 Å². The van der Waals surface area contributed by atoms with Crippen molar-refractivity contribution in [2.45, 2.75) is 39.8 Å². The maximum absolute atomic E-state index is 9.31. The normalized spacial score (nSPS) is 12.7. The minimum Gasteiger partial charge on any atom is -0.395 e. The first-order valence-electron chi connectivity index (χ1n) is 6.39. The van der Waals surface area contributed by atoms with Gasteiger partial charge in [0.15, 0.2) is 0 Å². The van der Waals surface area contributed by atoms with Gasteiger partial charge in [-0.05, 0) is 30.9 Å². The van der Waals surface area contributed by atoms with Crippen LogP contribution in [-0.4, -0.2) is 22.3 Å². The standard InChI is InChI=1S/C14H23N3O/c1-10(2)5-13(9-18)16-8-12-6-14(7-15)17(4)11(12)3/h6,10,13,16,18H,5,8-9H2,1-4H3. The van der Waals surface area contributed by atoms with E-state index in [0.29, 0.717) is 18.2 Å². The number of rotatable bonds is 6. The van der Waals surface area contributed by atoms with Crippen LogP contribution >= 0.6 is 0 Å². The molecule has 1 aromatic rings. The van der Waals surface area contributed by atoms with Crippen LogP contribution in [0.15, 0.2) is 6.07 Å². The summed E-state index contributed by atoms with van der Waals surface area (Å²) in [5.41, 5.74) is 2.89. The minimum absolute atomic E-state index is 0.121. The number of hydrogen-bond acceptors (Lipinski definition) is 3. The lowest BCUT2D eigenvalue weighted by Crippen LogP contribution is -2.33. The van der Waals surface area contributed by atoms with Crippen molar-refractivity contribution in [3.8, 4) is 6.07 Å². The van der Waals surface area contributed by atoms with Gasteiger partial charge in [-0.25, -0.2) is 0 Å². The van der Waals surface area contributed by atoms with Crippen LogP contribution in [0, 0.1) is 24.2 Å². The van der Waals surface area contributed by atoms with E-state index in [4.69, 9.17) is 5.26 Å². The van der Waals surface area contributed by atoms with Gasteiger partial charge in [0.1, 0.15) is 11.8 Å². The summed E-state index contributed by atoms with van der Waals surface area (Å²) >= 11 is 0. The highest BCUT2D eigenvalue weighted by Gasteiger charge is 2.12. The highest BCUT2D eigenvalue weighted by Crippen LogP contribution is 2.14. The molecule has 0 aromatic carbocycles. The highest BCUT2D eigenvalue weighted by atomic mass is 16.3. The van der Waals surface area contributed by atoms with Gasteiger partial charge in [0.25, 0.3) is 0 Å². The lowest BCUT2D eigenvalue weighted by atomic mass is 10.0. The van der Waals surface area contributed by atoms with E-state index in [1.54, 1.807) is 0 Å². The molecule has 0 amide bonds. The van der Waals surface area contributed by atoms with Crippen molar-refractivity contribution >= 4 is 0 Å². The Morgan fingerprint density at radius 1 is 1.50 bits per heavy atom. The van der Waals surface area contributed by atoms with Crippen LogP contribution in [0.1, 0.15) is 37.2 Å². The zero-order valence-corrected chi connectivity index (χ0v) is 11.7. The molecule has 1 aromatic heterocycles. The molecule has 18 heavy (non-hydrogen) atoms. The lowest BCUT2D eigenvalue weighted by molar-refractivity contribution is 0.223. The number of aliphatic hydroxyl groups is 1. The van der Waals surface area contributed by atoms with E-state index in [0.717, 1.165) is 17.7 Å². The second-order valence-electron chi connectivity index (χ2n) is 5.20. The van der Waals surface area contributed by atoms with Crippen LogP contribution in [0.4, 0.5) is 0 Å². The number of aliphatic hydroxyl groups excluding tert-OH is 1. The molecule has 0 aliphatic rings. The van der Waals surface area contributed by atoms with Crippen molar-refractivity contribution in [2.75, 3.05) is 6.61 Å². The molecule has 1 rings (SSSR count). The number of aromatic nitrogens is 1. The maximum Gasteiger partial charge on any atom is 0.120 e. The molecule has 0 fully saturated rings. The molecule has 0 aliphatic carbocycles. The van der Waals surface area contributed by atoms with Gasteiger partial charge in [0, 0.05) is 25.3 Å². The van der Waals surface area contributed by atoms with E-state index in [-0.39, 0.29) is 12.6 Å². The summed E-state index contributed by atoms with van der Waals surface area (Å²) < 4.78 is 1.90. The van der Waals surface area contributed by atoms with Gasteiger partial charge in [-0.3, -0.25) is 0 Å². The third kappa shape index (κ3) is 3.59. The topological polar surface area (TPSA) is 61.0 Å². The Balaban J connectivity index is 2.66. The fourth-order valence-electron chi connectivity index (χ4n) is 2.09. The van der Waals surface area contributed by atoms with Crippen molar-refractivity contribution in [2.24, 2.45) is 13.0 Å². The van der Waals surface area contributed by atoms with Gasteiger partial charge in [0.2, 0.25) is 0 Å². The highest BCUT2D eigenvalue weighted by molar-refractivity contribution is 5.34. The first-order valence-corrected chi connectivity index (χ1v) is 6.39. The Kier molecular flexibility index (Phi) is 5.39. The molecule has 1 atom stereocenters. The van der Waals surface area contributed by atoms with Gasteiger partial charge in [-0.1, -0.05) is 13.8 Å². The molecule has 0 bridgehead atoms. The molecule has 0 spiro atoms.